The van der Waals surface area contributed by atoms with Crippen LogP contribution < -0.4 is 0 Å². The standard InChI is InChI=1S/C20H19NO2S2/c1-24-17-11-9-16(10-12-17)14-18-19(22)21(20(23)25-18)13-5-8-15-6-3-2-4-7-15/h2-4,6-7,9-12,14H,5,8,13H2,1H3/b18-14+. The number of aryl methyl sites for hydroxylation is 1. The molecule has 0 radical (unpaired) electrons. The minimum Gasteiger partial charge on any atom is -0.268 e. The maximum Gasteiger partial charge on any atom is 0.293 e. The lowest BCUT2D eigenvalue weighted by atomic mass is 10.1. The molecule has 0 bridgehead atoms. The van der Waals surface area contributed by atoms with Crippen LogP contribution in [0.15, 0.2) is 64.4 Å². The Balaban J connectivity index is 1.62. The summed E-state index contributed by atoms with van der Waals surface area (Å²) >= 11 is 2.70. The van der Waals surface area contributed by atoms with Crippen molar-refractivity contribution in [3.05, 3.63) is 70.6 Å². The minimum absolute atomic E-state index is 0.176. The fourth-order valence-electron chi connectivity index (χ4n) is 2.63. The van der Waals surface area contributed by atoms with E-state index in [4.69, 9.17) is 0 Å². The molecule has 2 amide bonds. The van der Waals surface area contributed by atoms with Crippen LogP contribution in [-0.4, -0.2) is 28.8 Å². The van der Waals surface area contributed by atoms with E-state index >= 15 is 0 Å². The molecule has 2 aromatic rings. The lowest BCUT2D eigenvalue weighted by Gasteiger charge is -2.12. The van der Waals surface area contributed by atoms with Crippen molar-refractivity contribution in [3.8, 4) is 0 Å². The second kappa shape index (κ2) is 8.41. The molecule has 0 atom stereocenters. The number of nitrogens with zero attached hydrogens (tertiary/aromatic N) is 1. The van der Waals surface area contributed by atoms with E-state index in [0.29, 0.717) is 11.4 Å². The fourth-order valence-corrected chi connectivity index (χ4v) is 3.90. The number of imide groups is 1. The Bertz CT molecular complexity index is 785. The monoisotopic (exact) mass is 369 g/mol. The molecule has 3 nitrogen and oxygen atoms in total. The Kier molecular flexibility index (Phi) is 6.00. The van der Waals surface area contributed by atoms with E-state index < -0.39 is 0 Å². The Morgan fingerprint density at radius 1 is 1.04 bits per heavy atom. The molecule has 0 aliphatic carbocycles. The van der Waals surface area contributed by atoms with Gasteiger partial charge in [0.15, 0.2) is 0 Å². The number of hydrogen-bond donors (Lipinski definition) is 0. The predicted octanol–water partition coefficient (Wildman–Crippen LogP) is 5.08. The molecule has 0 unspecified atom stereocenters. The van der Waals surface area contributed by atoms with Crippen LogP contribution in [0, 0.1) is 0 Å². The maximum absolute atomic E-state index is 12.5. The topological polar surface area (TPSA) is 37.4 Å². The molecule has 128 valence electrons. The molecular weight excluding hydrogens is 350 g/mol. The second-order valence-corrected chi connectivity index (χ2v) is 7.57. The average Bonchev–Trinajstić information content (AvgIpc) is 2.90. The van der Waals surface area contributed by atoms with Crippen molar-refractivity contribution in [1.29, 1.82) is 0 Å². The highest BCUT2D eigenvalue weighted by atomic mass is 32.2. The number of amides is 2. The van der Waals surface area contributed by atoms with Gasteiger partial charge in [-0.25, -0.2) is 0 Å². The molecule has 5 heteroatoms. The van der Waals surface area contributed by atoms with Gasteiger partial charge in [0.2, 0.25) is 0 Å². The predicted molar refractivity (Wildman–Crippen MR) is 106 cm³/mol. The van der Waals surface area contributed by atoms with Crippen LogP contribution in [0.1, 0.15) is 17.5 Å². The van der Waals surface area contributed by atoms with Gasteiger partial charge in [0, 0.05) is 11.4 Å². The highest BCUT2D eigenvalue weighted by Gasteiger charge is 2.34. The average molecular weight is 370 g/mol. The maximum atomic E-state index is 12.5. The largest absolute Gasteiger partial charge is 0.293 e. The van der Waals surface area contributed by atoms with E-state index in [1.807, 2.05) is 48.7 Å². The summed E-state index contributed by atoms with van der Waals surface area (Å²) in [7, 11) is 0. The molecule has 0 saturated carbocycles. The van der Waals surface area contributed by atoms with Gasteiger partial charge in [-0.1, -0.05) is 42.5 Å². The third kappa shape index (κ3) is 4.55. The highest BCUT2D eigenvalue weighted by Crippen LogP contribution is 2.32. The van der Waals surface area contributed by atoms with Crippen LogP contribution in [0.4, 0.5) is 4.79 Å². The zero-order valence-corrected chi connectivity index (χ0v) is 15.6. The summed E-state index contributed by atoms with van der Waals surface area (Å²) in [6.07, 6.45) is 5.46. The van der Waals surface area contributed by atoms with Crippen LogP contribution in [0.5, 0.6) is 0 Å². The van der Waals surface area contributed by atoms with E-state index in [-0.39, 0.29) is 11.1 Å². The van der Waals surface area contributed by atoms with E-state index in [1.54, 1.807) is 17.8 Å². The molecule has 0 N–H and O–H groups in total. The third-order valence-corrected chi connectivity index (χ3v) is 5.63. The molecule has 1 heterocycles. The van der Waals surface area contributed by atoms with Crippen molar-refractivity contribution in [1.82, 2.24) is 4.90 Å². The molecule has 1 fully saturated rings. The SMILES string of the molecule is CSc1ccc(/C=C2/SC(=O)N(CCCc3ccccc3)C2=O)cc1. The van der Waals surface area contributed by atoms with Gasteiger partial charge < -0.3 is 0 Å². The summed E-state index contributed by atoms with van der Waals surface area (Å²) in [5, 5.41) is -0.176. The summed E-state index contributed by atoms with van der Waals surface area (Å²) in [5.41, 5.74) is 2.16. The number of thioether (sulfide) groups is 2. The molecule has 3 rings (SSSR count). The van der Waals surface area contributed by atoms with Gasteiger partial charge in [-0.15, -0.1) is 11.8 Å². The first-order chi connectivity index (χ1) is 12.2. The van der Waals surface area contributed by atoms with Crippen LogP contribution in [0.3, 0.4) is 0 Å². The Hall–Kier alpha value is -1.98. The first kappa shape index (κ1) is 17.8. The summed E-state index contributed by atoms with van der Waals surface area (Å²) in [5.74, 6) is -0.183. The molecule has 1 aliphatic rings. The molecular formula is C20H19NO2S2. The Morgan fingerprint density at radius 2 is 1.76 bits per heavy atom. The number of benzene rings is 2. The van der Waals surface area contributed by atoms with Crippen molar-refractivity contribution in [2.24, 2.45) is 0 Å². The third-order valence-electron chi connectivity index (χ3n) is 3.98. The fraction of sp³-hybridized carbons (Fsp3) is 0.200. The first-order valence-electron chi connectivity index (χ1n) is 8.11. The van der Waals surface area contributed by atoms with Crippen LogP contribution in [0.25, 0.3) is 6.08 Å². The van der Waals surface area contributed by atoms with Crippen LogP contribution in [0.2, 0.25) is 0 Å². The van der Waals surface area contributed by atoms with Crippen LogP contribution >= 0.6 is 23.5 Å². The zero-order valence-electron chi connectivity index (χ0n) is 14.0. The van der Waals surface area contributed by atoms with Crippen molar-refractivity contribution >= 4 is 40.7 Å². The molecule has 2 aromatic carbocycles. The van der Waals surface area contributed by atoms with Gasteiger partial charge in [-0.05, 0) is 60.2 Å². The first-order valence-corrected chi connectivity index (χ1v) is 10.1. The molecule has 0 aromatic heterocycles. The molecule has 1 saturated heterocycles. The van der Waals surface area contributed by atoms with Crippen molar-refractivity contribution < 1.29 is 9.59 Å². The lowest BCUT2D eigenvalue weighted by molar-refractivity contribution is -0.122. The van der Waals surface area contributed by atoms with E-state index in [9.17, 15) is 9.59 Å². The summed E-state index contributed by atoms with van der Waals surface area (Å²) in [4.78, 5) is 27.7. The van der Waals surface area contributed by atoms with Crippen LogP contribution in [-0.2, 0) is 11.2 Å². The smallest absolute Gasteiger partial charge is 0.268 e. The van der Waals surface area contributed by atoms with Gasteiger partial charge in [-0.3, -0.25) is 14.5 Å². The number of rotatable bonds is 6. The number of hydrogen-bond acceptors (Lipinski definition) is 4. The Labute approximate surface area is 156 Å². The van der Waals surface area contributed by atoms with Crippen molar-refractivity contribution in [2.45, 2.75) is 17.7 Å². The van der Waals surface area contributed by atoms with E-state index in [1.165, 1.54) is 15.4 Å². The van der Waals surface area contributed by atoms with E-state index in [0.717, 1.165) is 30.2 Å². The zero-order chi connectivity index (χ0) is 17.6. The van der Waals surface area contributed by atoms with Gasteiger partial charge >= 0.3 is 0 Å². The van der Waals surface area contributed by atoms with Crippen molar-refractivity contribution in [2.75, 3.05) is 12.8 Å². The Morgan fingerprint density at radius 3 is 2.44 bits per heavy atom. The summed E-state index contributed by atoms with van der Waals surface area (Å²) < 4.78 is 0. The molecule has 0 spiro atoms. The van der Waals surface area contributed by atoms with Crippen molar-refractivity contribution in [3.63, 3.8) is 0 Å². The minimum atomic E-state index is -0.183. The van der Waals surface area contributed by atoms with E-state index in [2.05, 4.69) is 12.1 Å². The normalized spacial score (nSPS) is 16.0. The highest BCUT2D eigenvalue weighted by molar-refractivity contribution is 8.18. The van der Waals surface area contributed by atoms with Gasteiger partial charge in [-0.2, -0.15) is 0 Å². The quantitative estimate of drug-likeness (QED) is 0.526. The number of carbonyl (C=O) groups excluding carboxylic acids is 2. The summed E-state index contributed by atoms with van der Waals surface area (Å²) in [6.45, 7) is 0.461. The van der Waals surface area contributed by atoms with Gasteiger partial charge in [0.05, 0.1) is 4.91 Å². The lowest BCUT2D eigenvalue weighted by Crippen LogP contribution is -2.29. The summed E-state index contributed by atoms with van der Waals surface area (Å²) in [6, 6.07) is 18.1. The van der Waals surface area contributed by atoms with Gasteiger partial charge in [0.25, 0.3) is 11.1 Å². The molecule has 25 heavy (non-hydrogen) atoms. The molecule has 1 aliphatic heterocycles. The number of carbonyl (C=O) groups is 2. The second-order valence-electron chi connectivity index (χ2n) is 5.70. The van der Waals surface area contributed by atoms with Gasteiger partial charge in [0.1, 0.15) is 0 Å².